The summed E-state index contributed by atoms with van der Waals surface area (Å²) in [7, 11) is 0. The highest BCUT2D eigenvalue weighted by Crippen LogP contribution is 2.21. The van der Waals surface area contributed by atoms with Gasteiger partial charge in [0.25, 0.3) is 0 Å². The first-order valence-corrected chi connectivity index (χ1v) is 6.45. The fourth-order valence-corrected chi connectivity index (χ4v) is 2.33. The topological polar surface area (TPSA) is 32.3 Å². The Kier molecular flexibility index (Phi) is 4.28. The van der Waals surface area contributed by atoms with Crippen molar-refractivity contribution in [1.82, 2.24) is 5.32 Å². The van der Waals surface area contributed by atoms with Gasteiger partial charge in [0.1, 0.15) is 0 Å². The van der Waals surface area contributed by atoms with Gasteiger partial charge in [-0.25, -0.2) is 8.78 Å². The molecule has 0 radical (unpaired) electrons. The van der Waals surface area contributed by atoms with E-state index in [1.54, 1.807) is 11.3 Å². The van der Waals surface area contributed by atoms with Crippen LogP contribution in [0.3, 0.4) is 0 Å². The molecule has 0 aliphatic carbocycles. The van der Waals surface area contributed by atoms with Gasteiger partial charge in [0, 0.05) is 18.0 Å². The van der Waals surface area contributed by atoms with E-state index in [2.05, 4.69) is 5.32 Å². The van der Waals surface area contributed by atoms with E-state index in [9.17, 15) is 8.78 Å². The molecular formula is C13H13F2NOS. The Morgan fingerprint density at radius 1 is 1.22 bits per heavy atom. The van der Waals surface area contributed by atoms with Crippen molar-refractivity contribution in [2.24, 2.45) is 0 Å². The fourth-order valence-electron chi connectivity index (χ4n) is 1.62. The Hall–Kier alpha value is -1.46. The van der Waals surface area contributed by atoms with Crippen LogP contribution in [0.1, 0.15) is 10.4 Å². The summed E-state index contributed by atoms with van der Waals surface area (Å²) in [5, 5.41) is 14.1. The number of rotatable bonds is 5. The average molecular weight is 269 g/mol. The van der Waals surface area contributed by atoms with Crippen molar-refractivity contribution in [2.45, 2.75) is 13.0 Å². The number of phenols is 1. The van der Waals surface area contributed by atoms with Gasteiger partial charge in [-0.1, -0.05) is 6.07 Å². The van der Waals surface area contributed by atoms with Crippen LogP contribution in [-0.2, 0) is 13.0 Å². The van der Waals surface area contributed by atoms with Crippen LogP contribution in [0.5, 0.6) is 5.75 Å². The lowest BCUT2D eigenvalue weighted by atomic mass is 10.2. The summed E-state index contributed by atoms with van der Waals surface area (Å²) in [6.45, 7) is 1.12. The van der Waals surface area contributed by atoms with Gasteiger partial charge in [0.2, 0.25) is 0 Å². The lowest BCUT2D eigenvalue weighted by molar-refractivity contribution is 0.395. The van der Waals surface area contributed by atoms with Gasteiger partial charge in [-0.15, -0.1) is 11.3 Å². The van der Waals surface area contributed by atoms with Gasteiger partial charge >= 0.3 is 0 Å². The molecule has 0 saturated heterocycles. The van der Waals surface area contributed by atoms with Gasteiger partial charge in [-0.05, 0) is 35.6 Å². The zero-order valence-electron chi connectivity index (χ0n) is 9.62. The Morgan fingerprint density at radius 3 is 2.56 bits per heavy atom. The summed E-state index contributed by atoms with van der Waals surface area (Å²) in [6.07, 6.45) is 0.890. The van der Waals surface area contributed by atoms with Crippen LogP contribution in [0.4, 0.5) is 8.78 Å². The van der Waals surface area contributed by atoms with E-state index in [0.29, 0.717) is 12.1 Å². The van der Waals surface area contributed by atoms with Crippen LogP contribution in [0, 0.1) is 11.6 Å². The molecule has 0 aliphatic rings. The lowest BCUT2D eigenvalue weighted by Gasteiger charge is -2.06. The number of aromatic hydroxyl groups is 1. The summed E-state index contributed by atoms with van der Waals surface area (Å²) in [5.41, 5.74) is 0.481. The molecule has 96 valence electrons. The smallest absolute Gasteiger partial charge is 0.187 e. The van der Waals surface area contributed by atoms with Crippen molar-refractivity contribution in [3.05, 3.63) is 51.7 Å². The van der Waals surface area contributed by atoms with Crippen molar-refractivity contribution >= 4 is 11.3 Å². The molecule has 5 heteroatoms. The highest BCUT2D eigenvalue weighted by atomic mass is 32.1. The number of benzene rings is 1. The molecule has 0 fully saturated rings. The van der Waals surface area contributed by atoms with Crippen LogP contribution < -0.4 is 5.32 Å². The van der Waals surface area contributed by atoms with E-state index in [1.807, 2.05) is 17.5 Å². The summed E-state index contributed by atoms with van der Waals surface area (Å²) in [6, 6.07) is 6.31. The quantitative estimate of drug-likeness (QED) is 0.818. The third-order valence-electron chi connectivity index (χ3n) is 2.53. The van der Waals surface area contributed by atoms with Gasteiger partial charge in [0.05, 0.1) is 0 Å². The molecule has 1 aromatic carbocycles. The monoisotopic (exact) mass is 269 g/mol. The van der Waals surface area contributed by atoms with Crippen LogP contribution in [0.15, 0.2) is 29.6 Å². The van der Waals surface area contributed by atoms with Crippen LogP contribution >= 0.6 is 11.3 Å². The zero-order chi connectivity index (χ0) is 13.0. The second-order valence-corrected chi connectivity index (χ2v) is 4.95. The van der Waals surface area contributed by atoms with Gasteiger partial charge in [-0.3, -0.25) is 0 Å². The van der Waals surface area contributed by atoms with E-state index in [-0.39, 0.29) is 0 Å². The van der Waals surface area contributed by atoms with Gasteiger partial charge < -0.3 is 10.4 Å². The Balaban J connectivity index is 1.83. The second kappa shape index (κ2) is 5.93. The predicted octanol–water partition coefficient (Wildman–Crippen LogP) is 3.06. The molecule has 0 aliphatic heterocycles. The van der Waals surface area contributed by atoms with E-state index >= 15 is 0 Å². The van der Waals surface area contributed by atoms with Crippen molar-refractivity contribution < 1.29 is 13.9 Å². The molecule has 0 spiro atoms. The minimum absolute atomic E-state index is 0.374. The summed E-state index contributed by atoms with van der Waals surface area (Å²) < 4.78 is 26.1. The van der Waals surface area contributed by atoms with E-state index in [0.717, 1.165) is 25.1 Å². The first kappa shape index (κ1) is 13.0. The maximum atomic E-state index is 13.1. The number of halogens is 2. The molecule has 0 amide bonds. The second-order valence-electron chi connectivity index (χ2n) is 3.91. The molecule has 2 nitrogen and oxygen atoms in total. The minimum Gasteiger partial charge on any atom is -0.503 e. The van der Waals surface area contributed by atoms with Gasteiger partial charge in [-0.2, -0.15) is 0 Å². The molecule has 1 heterocycles. The highest BCUT2D eigenvalue weighted by molar-refractivity contribution is 7.09. The highest BCUT2D eigenvalue weighted by Gasteiger charge is 2.08. The third kappa shape index (κ3) is 3.27. The molecule has 2 N–H and O–H groups in total. The standard InChI is InChI=1S/C13H13F2NOS/c14-11-6-9(7-12(15)13(11)17)8-16-4-3-10-2-1-5-18-10/h1-2,5-7,16-17H,3-4,8H2. The lowest BCUT2D eigenvalue weighted by Crippen LogP contribution is -2.16. The van der Waals surface area contributed by atoms with Crippen molar-refractivity contribution in [3.63, 3.8) is 0 Å². The molecule has 1 aromatic heterocycles. The molecule has 0 bridgehead atoms. The minimum atomic E-state index is -0.926. The van der Waals surface area contributed by atoms with Crippen molar-refractivity contribution in [3.8, 4) is 5.75 Å². The Bertz CT molecular complexity index is 491. The maximum Gasteiger partial charge on any atom is 0.187 e. The van der Waals surface area contributed by atoms with E-state index in [4.69, 9.17) is 5.11 Å². The number of thiophene rings is 1. The summed E-state index contributed by atoms with van der Waals surface area (Å²) in [5.74, 6) is -2.77. The van der Waals surface area contributed by atoms with Crippen LogP contribution in [0.25, 0.3) is 0 Å². The number of phenolic OH excluding ortho intramolecular Hbond substituents is 1. The SMILES string of the molecule is Oc1c(F)cc(CNCCc2cccs2)cc1F. The third-order valence-corrected chi connectivity index (χ3v) is 3.47. The summed E-state index contributed by atoms with van der Waals surface area (Å²) in [4.78, 5) is 1.27. The first-order valence-electron chi connectivity index (χ1n) is 5.57. The fraction of sp³-hybridized carbons (Fsp3) is 0.231. The number of nitrogens with one attached hydrogen (secondary N) is 1. The number of hydrogen-bond donors (Lipinski definition) is 2. The Morgan fingerprint density at radius 2 is 1.94 bits per heavy atom. The predicted molar refractivity (Wildman–Crippen MR) is 67.8 cm³/mol. The largest absolute Gasteiger partial charge is 0.503 e. The van der Waals surface area contributed by atoms with Crippen molar-refractivity contribution in [1.29, 1.82) is 0 Å². The summed E-state index contributed by atoms with van der Waals surface area (Å²) >= 11 is 1.68. The average Bonchev–Trinajstić information content (AvgIpc) is 2.84. The molecule has 0 unspecified atom stereocenters. The van der Waals surface area contributed by atoms with Crippen molar-refractivity contribution in [2.75, 3.05) is 6.54 Å². The molecule has 0 saturated carbocycles. The molecule has 2 aromatic rings. The van der Waals surface area contributed by atoms with Crippen LogP contribution in [0.2, 0.25) is 0 Å². The molecule has 18 heavy (non-hydrogen) atoms. The molecule has 0 atom stereocenters. The normalized spacial score (nSPS) is 10.8. The Labute approximate surface area is 108 Å². The maximum absolute atomic E-state index is 13.1. The molecule has 2 rings (SSSR count). The molecular weight excluding hydrogens is 256 g/mol. The van der Waals surface area contributed by atoms with Crippen LogP contribution in [-0.4, -0.2) is 11.7 Å². The first-order chi connectivity index (χ1) is 8.66. The van der Waals surface area contributed by atoms with E-state index in [1.165, 1.54) is 4.88 Å². The zero-order valence-corrected chi connectivity index (χ0v) is 10.4. The number of hydrogen-bond acceptors (Lipinski definition) is 3. The van der Waals surface area contributed by atoms with E-state index < -0.39 is 17.4 Å². The van der Waals surface area contributed by atoms with Gasteiger partial charge in [0.15, 0.2) is 17.4 Å².